The Labute approximate surface area is 89.8 Å². The molecule has 0 saturated carbocycles. The van der Waals surface area contributed by atoms with Gasteiger partial charge in [0.2, 0.25) is 0 Å². The lowest BCUT2D eigenvalue weighted by Crippen LogP contribution is -2.30. The Hall–Kier alpha value is -0.905. The van der Waals surface area contributed by atoms with Crippen LogP contribution in [0.15, 0.2) is 18.3 Å². The molecular formula is C10H16BNO3. The van der Waals surface area contributed by atoms with Gasteiger partial charge in [0, 0.05) is 24.0 Å². The van der Waals surface area contributed by atoms with E-state index < -0.39 is 7.12 Å². The Morgan fingerprint density at radius 3 is 2.60 bits per heavy atom. The average molecular weight is 209 g/mol. The van der Waals surface area contributed by atoms with Crippen molar-refractivity contribution < 1.29 is 15.2 Å². The predicted molar refractivity (Wildman–Crippen MR) is 58.6 cm³/mol. The molecule has 15 heavy (non-hydrogen) atoms. The van der Waals surface area contributed by atoms with Gasteiger partial charge in [0.25, 0.3) is 0 Å². The molecule has 0 spiro atoms. The van der Waals surface area contributed by atoms with Crippen molar-refractivity contribution in [3.63, 3.8) is 0 Å². The van der Waals surface area contributed by atoms with Crippen molar-refractivity contribution in [1.82, 2.24) is 4.98 Å². The van der Waals surface area contributed by atoms with Crippen LogP contribution in [0.25, 0.3) is 0 Å². The highest BCUT2D eigenvalue weighted by molar-refractivity contribution is 6.58. The normalized spacial score (nSPS) is 12.5. The summed E-state index contributed by atoms with van der Waals surface area (Å²) in [5, 5.41) is 26.5. The highest BCUT2D eigenvalue weighted by atomic mass is 16.4. The lowest BCUT2D eigenvalue weighted by Gasteiger charge is -2.07. The number of hydrogen-bond donors (Lipinski definition) is 3. The minimum Gasteiger partial charge on any atom is -0.423 e. The number of rotatable bonds is 5. The maximum atomic E-state index is 8.85. The number of hydrogen-bond acceptors (Lipinski definition) is 4. The Bertz CT molecular complexity index is 289. The maximum Gasteiger partial charge on any atom is 0.490 e. The van der Waals surface area contributed by atoms with Crippen molar-refractivity contribution in [2.24, 2.45) is 5.92 Å². The average Bonchev–Trinajstić information content (AvgIpc) is 2.26. The zero-order valence-corrected chi connectivity index (χ0v) is 8.80. The van der Waals surface area contributed by atoms with Crippen LogP contribution in [0, 0.1) is 5.92 Å². The molecule has 5 heteroatoms. The van der Waals surface area contributed by atoms with Crippen LogP contribution < -0.4 is 5.46 Å². The van der Waals surface area contributed by atoms with Crippen LogP contribution in [0.5, 0.6) is 0 Å². The molecule has 3 N–H and O–H groups in total. The zero-order valence-electron chi connectivity index (χ0n) is 8.80. The van der Waals surface area contributed by atoms with E-state index in [1.54, 1.807) is 12.1 Å². The second-order valence-corrected chi connectivity index (χ2v) is 3.78. The molecule has 0 fully saturated rings. The molecule has 0 unspecified atom stereocenters. The standard InChI is InChI=1S/C10H16BNO3/c1-8(7-13)2-4-10-5-3-9(6-12-10)11(14)15/h3,5-6,8,13-15H,2,4,7H2,1H3/t8-/m0/s1. The van der Waals surface area contributed by atoms with E-state index in [1.807, 2.05) is 6.92 Å². The van der Waals surface area contributed by atoms with Crippen molar-refractivity contribution in [3.05, 3.63) is 24.0 Å². The lowest BCUT2D eigenvalue weighted by atomic mass is 9.81. The first-order valence-electron chi connectivity index (χ1n) is 5.05. The Balaban J connectivity index is 2.50. The number of nitrogens with zero attached hydrogens (tertiary/aromatic N) is 1. The number of aromatic nitrogens is 1. The summed E-state index contributed by atoms with van der Waals surface area (Å²) in [5.74, 6) is 0.273. The van der Waals surface area contributed by atoms with Crippen LogP contribution in [0.2, 0.25) is 0 Å². The molecule has 1 heterocycles. The third-order valence-corrected chi connectivity index (χ3v) is 2.35. The molecule has 0 aliphatic rings. The molecular weight excluding hydrogens is 193 g/mol. The van der Waals surface area contributed by atoms with E-state index in [0.29, 0.717) is 5.46 Å². The molecule has 1 atom stereocenters. The Kier molecular flexibility index (Phi) is 4.75. The minimum absolute atomic E-state index is 0.188. The fourth-order valence-electron chi connectivity index (χ4n) is 1.22. The number of aliphatic hydroxyl groups excluding tert-OH is 1. The van der Waals surface area contributed by atoms with Gasteiger partial charge in [-0.15, -0.1) is 0 Å². The molecule has 1 aromatic rings. The zero-order chi connectivity index (χ0) is 11.3. The van der Waals surface area contributed by atoms with Crippen molar-refractivity contribution in [2.45, 2.75) is 19.8 Å². The van der Waals surface area contributed by atoms with E-state index in [1.165, 1.54) is 6.20 Å². The SMILES string of the molecule is C[C@H](CO)CCc1ccc(B(O)O)cn1. The summed E-state index contributed by atoms with van der Waals surface area (Å²) in [5.41, 5.74) is 1.30. The molecule has 1 aromatic heterocycles. The summed E-state index contributed by atoms with van der Waals surface area (Å²) in [6.07, 6.45) is 3.14. The highest BCUT2D eigenvalue weighted by Crippen LogP contribution is 2.05. The molecule has 0 aliphatic heterocycles. The summed E-state index contributed by atoms with van der Waals surface area (Å²) in [6.45, 7) is 2.17. The van der Waals surface area contributed by atoms with Gasteiger partial charge < -0.3 is 15.2 Å². The van der Waals surface area contributed by atoms with E-state index in [2.05, 4.69) is 4.98 Å². The minimum atomic E-state index is -1.46. The molecule has 0 amide bonds. The number of pyridine rings is 1. The number of aryl methyl sites for hydroxylation is 1. The van der Waals surface area contributed by atoms with Gasteiger partial charge in [0.05, 0.1) is 0 Å². The molecule has 82 valence electrons. The maximum absolute atomic E-state index is 8.85. The van der Waals surface area contributed by atoms with Gasteiger partial charge in [-0.1, -0.05) is 13.0 Å². The van der Waals surface area contributed by atoms with Crippen LogP contribution in [0.1, 0.15) is 19.0 Å². The third kappa shape index (κ3) is 3.99. The van der Waals surface area contributed by atoms with E-state index in [-0.39, 0.29) is 12.5 Å². The summed E-state index contributed by atoms with van der Waals surface area (Å²) < 4.78 is 0. The van der Waals surface area contributed by atoms with Gasteiger partial charge >= 0.3 is 7.12 Å². The van der Waals surface area contributed by atoms with Gasteiger partial charge in [-0.25, -0.2) is 0 Å². The summed E-state index contributed by atoms with van der Waals surface area (Å²) in [6, 6.07) is 3.43. The van der Waals surface area contributed by atoms with Crippen LogP contribution in [-0.4, -0.2) is 33.9 Å². The third-order valence-electron chi connectivity index (χ3n) is 2.35. The Morgan fingerprint density at radius 1 is 1.40 bits per heavy atom. The molecule has 4 nitrogen and oxygen atoms in total. The first kappa shape index (κ1) is 12.2. The van der Waals surface area contributed by atoms with Crippen molar-refractivity contribution in [3.8, 4) is 0 Å². The predicted octanol–water partition coefficient (Wildman–Crippen LogP) is -0.678. The molecule has 1 rings (SSSR count). The summed E-state index contributed by atoms with van der Waals surface area (Å²) in [7, 11) is -1.46. The molecule has 0 saturated heterocycles. The van der Waals surface area contributed by atoms with E-state index >= 15 is 0 Å². The molecule has 0 aromatic carbocycles. The largest absolute Gasteiger partial charge is 0.490 e. The van der Waals surface area contributed by atoms with Crippen LogP contribution in [-0.2, 0) is 6.42 Å². The lowest BCUT2D eigenvalue weighted by molar-refractivity contribution is 0.230. The van der Waals surface area contributed by atoms with Gasteiger partial charge in [-0.3, -0.25) is 4.98 Å². The van der Waals surface area contributed by atoms with Gasteiger partial charge in [-0.05, 0) is 24.8 Å². The van der Waals surface area contributed by atoms with E-state index in [9.17, 15) is 0 Å². The fraction of sp³-hybridized carbons (Fsp3) is 0.500. The highest BCUT2D eigenvalue weighted by Gasteiger charge is 2.10. The smallest absolute Gasteiger partial charge is 0.423 e. The van der Waals surface area contributed by atoms with E-state index in [4.69, 9.17) is 15.2 Å². The van der Waals surface area contributed by atoms with Gasteiger partial charge in [0.1, 0.15) is 0 Å². The first-order chi connectivity index (χ1) is 7.13. The summed E-state index contributed by atoms with van der Waals surface area (Å²) in [4.78, 5) is 4.10. The topological polar surface area (TPSA) is 73.6 Å². The number of aliphatic hydroxyl groups is 1. The van der Waals surface area contributed by atoms with E-state index in [0.717, 1.165) is 18.5 Å². The van der Waals surface area contributed by atoms with Crippen molar-refractivity contribution in [2.75, 3.05) is 6.61 Å². The molecule has 0 bridgehead atoms. The molecule has 0 radical (unpaired) electrons. The monoisotopic (exact) mass is 209 g/mol. The van der Waals surface area contributed by atoms with Crippen LogP contribution in [0.4, 0.5) is 0 Å². The Morgan fingerprint density at radius 2 is 2.13 bits per heavy atom. The van der Waals surface area contributed by atoms with Gasteiger partial charge in [-0.2, -0.15) is 0 Å². The second kappa shape index (κ2) is 5.85. The summed E-state index contributed by atoms with van der Waals surface area (Å²) >= 11 is 0. The quantitative estimate of drug-likeness (QED) is 0.562. The van der Waals surface area contributed by atoms with Crippen LogP contribution in [0.3, 0.4) is 0 Å². The van der Waals surface area contributed by atoms with Crippen molar-refractivity contribution >= 4 is 12.6 Å². The van der Waals surface area contributed by atoms with Crippen molar-refractivity contribution in [1.29, 1.82) is 0 Å². The van der Waals surface area contributed by atoms with Gasteiger partial charge in [0.15, 0.2) is 0 Å². The fourth-order valence-corrected chi connectivity index (χ4v) is 1.22. The molecule has 0 aliphatic carbocycles. The second-order valence-electron chi connectivity index (χ2n) is 3.78. The van der Waals surface area contributed by atoms with Crippen LogP contribution >= 0.6 is 0 Å². The first-order valence-corrected chi connectivity index (χ1v) is 5.05.